The van der Waals surface area contributed by atoms with Crippen molar-refractivity contribution in [2.75, 3.05) is 6.61 Å². The van der Waals surface area contributed by atoms with Crippen molar-refractivity contribution in [2.45, 2.75) is 26.7 Å². The summed E-state index contributed by atoms with van der Waals surface area (Å²) in [5.41, 5.74) is -0.717. The second-order valence-electron chi connectivity index (χ2n) is 4.23. The fourth-order valence-corrected chi connectivity index (χ4v) is 1.51. The predicted molar refractivity (Wildman–Crippen MR) is 62.5 cm³/mol. The number of hydrogen-bond acceptors (Lipinski definition) is 2. The molecule has 1 aromatic rings. The predicted octanol–water partition coefficient (Wildman–Crippen LogP) is -0.0450. The van der Waals surface area contributed by atoms with E-state index in [9.17, 15) is 12.9 Å². The summed E-state index contributed by atoms with van der Waals surface area (Å²) in [6.07, 6.45) is 4.16. The number of ether oxygens (including phenoxy) is 1. The smallest absolute Gasteiger partial charge is 0.492 e. The van der Waals surface area contributed by atoms with E-state index < -0.39 is 12.4 Å². The zero-order chi connectivity index (χ0) is 12.9. The van der Waals surface area contributed by atoms with Gasteiger partial charge in [-0.25, -0.2) is 0 Å². The second-order valence-corrected chi connectivity index (χ2v) is 4.23. The van der Waals surface area contributed by atoms with E-state index in [2.05, 4.69) is 11.9 Å². The number of rotatable bonds is 6. The van der Waals surface area contributed by atoms with Gasteiger partial charge in [-0.15, -0.1) is 0 Å². The van der Waals surface area contributed by atoms with E-state index in [1.165, 1.54) is 6.20 Å². The van der Waals surface area contributed by atoms with Crippen LogP contribution in [0.5, 0.6) is 5.75 Å². The third-order valence-corrected chi connectivity index (χ3v) is 2.43. The first-order valence-corrected chi connectivity index (χ1v) is 5.71. The molecule has 0 saturated carbocycles. The molecule has 0 radical (unpaired) electrons. The van der Waals surface area contributed by atoms with Crippen molar-refractivity contribution in [1.29, 1.82) is 0 Å². The number of halogens is 3. The molecule has 0 spiro atoms. The Bertz CT molecular complexity index is 362. The normalized spacial score (nSPS) is 12.7. The van der Waals surface area contributed by atoms with Crippen molar-refractivity contribution in [1.82, 2.24) is 4.98 Å². The van der Waals surface area contributed by atoms with Gasteiger partial charge in [-0.2, -0.15) is 0 Å². The minimum atomic E-state index is -5.01. The molecule has 0 aliphatic carbocycles. The van der Waals surface area contributed by atoms with Crippen molar-refractivity contribution < 1.29 is 69.1 Å². The average molecular weight is 285 g/mol. The van der Waals surface area contributed by atoms with Crippen LogP contribution in [-0.2, 0) is 0 Å². The zero-order valence-electron chi connectivity index (χ0n) is 11.0. The van der Waals surface area contributed by atoms with Gasteiger partial charge in [0.1, 0.15) is 5.75 Å². The Morgan fingerprint density at radius 3 is 2.56 bits per heavy atom. The Hall–Kier alpha value is 0.441. The Labute approximate surface area is 148 Å². The van der Waals surface area contributed by atoms with Gasteiger partial charge in [-0.1, -0.05) is 25.7 Å². The van der Waals surface area contributed by atoms with Gasteiger partial charge >= 0.3 is 58.4 Å². The first-order valence-electron chi connectivity index (χ1n) is 5.71. The fourth-order valence-electron chi connectivity index (χ4n) is 1.51. The largest absolute Gasteiger partial charge is 1.00 e. The number of nitrogens with zero attached hydrogens (tertiary/aromatic N) is 1. The molecule has 2 nitrogen and oxygen atoms in total. The van der Waals surface area contributed by atoms with Crippen molar-refractivity contribution in [2.24, 2.45) is 5.92 Å². The van der Waals surface area contributed by atoms with Crippen molar-refractivity contribution in [3.05, 3.63) is 18.5 Å². The Morgan fingerprint density at radius 2 is 2.00 bits per heavy atom. The molecule has 1 rings (SSSR count). The second kappa shape index (κ2) is 8.58. The minimum Gasteiger partial charge on any atom is -0.492 e. The van der Waals surface area contributed by atoms with Gasteiger partial charge in [0, 0.05) is 6.20 Å². The molecule has 0 saturated heterocycles. The Kier molecular flexibility index (Phi) is 8.79. The van der Waals surface area contributed by atoms with Crippen molar-refractivity contribution in [3.63, 3.8) is 0 Å². The number of hydrogen-bond donors (Lipinski definition) is 0. The molecule has 1 unspecified atom stereocenters. The SMILES string of the molecule is CCCC(C)COc1cncc([B-](F)(F)F)c1.[K+]. The molecule has 0 bridgehead atoms. The van der Waals surface area contributed by atoms with Crippen LogP contribution in [0.1, 0.15) is 26.7 Å². The fraction of sp³-hybridized carbons (Fsp3) is 0.545. The monoisotopic (exact) mass is 285 g/mol. The van der Waals surface area contributed by atoms with E-state index in [1.54, 1.807) is 0 Å². The van der Waals surface area contributed by atoms with Crippen molar-refractivity contribution in [3.8, 4) is 5.75 Å². The summed E-state index contributed by atoms with van der Waals surface area (Å²) in [7, 11) is 0. The maximum absolute atomic E-state index is 12.5. The standard InChI is InChI=1S/C11H16BF3NO.K/c1-3-4-9(2)8-17-11-5-10(6-16-7-11)12(13,14)15;/h5-7,9H,3-4,8H2,1-2H3;/q-1;+1. The maximum atomic E-state index is 12.5. The molecule has 1 aromatic heterocycles. The van der Waals surface area contributed by atoms with Gasteiger partial charge < -0.3 is 17.7 Å². The van der Waals surface area contributed by atoms with E-state index in [0.29, 0.717) is 12.5 Å². The summed E-state index contributed by atoms with van der Waals surface area (Å²) in [5.74, 6) is 0.518. The van der Waals surface area contributed by atoms with Crippen LogP contribution in [0.3, 0.4) is 0 Å². The summed E-state index contributed by atoms with van der Waals surface area (Å²) in [6, 6.07) is 1.01. The molecule has 0 aromatic carbocycles. The van der Waals surface area contributed by atoms with E-state index in [0.717, 1.165) is 25.1 Å². The molecule has 0 amide bonds. The van der Waals surface area contributed by atoms with Crippen LogP contribution in [-0.4, -0.2) is 18.6 Å². The molecular formula is C11H16BF3KNO. The maximum Gasteiger partial charge on any atom is 1.00 e. The third-order valence-electron chi connectivity index (χ3n) is 2.43. The van der Waals surface area contributed by atoms with Gasteiger partial charge in [0.05, 0.1) is 12.8 Å². The zero-order valence-corrected chi connectivity index (χ0v) is 14.1. The van der Waals surface area contributed by atoms with Gasteiger partial charge in [0.25, 0.3) is 0 Å². The molecule has 0 aliphatic heterocycles. The van der Waals surface area contributed by atoms with Crippen LogP contribution < -0.4 is 61.6 Å². The molecular weight excluding hydrogens is 269 g/mol. The first kappa shape index (κ1) is 18.4. The van der Waals surface area contributed by atoms with Crippen LogP contribution in [0.25, 0.3) is 0 Å². The summed E-state index contributed by atoms with van der Waals surface area (Å²) < 4.78 is 42.7. The summed E-state index contributed by atoms with van der Waals surface area (Å²) in [6.45, 7) is -0.517. The molecule has 96 valence electrons. The molecule has 1 heterocycles. The average Bonchev–Trinajstić information content (AvgIpc) is 2.26. The minimum absolute atomic E-state index is 0. The topological polar surface area (TPSA) is 22.1 Å². The van der Waals surface area contributed by atoms with Gasteiger partial charge in [0.15, 0.2) is 0 Å². The van der Waals surface area contributed by atoms with Crippen LogP contribution in [0.15, 0.2) is 18.5 Å². The summed E-state index contributed by atoms with van der Waals surface area (Å²) in [5, 5.41) is 0. The quantitative estimate of drug-likeness (QED) is 0.684. The molecule has 0 fully saturated rings. The molecule has 1 atom stereocenters. The van der Waals surface area contributed by atoms with Crippen LogP contribution in [0, 0.1) is 5.92 Å². The molecule has 0 N–H and O–H groups in total. The number of pyridine rings is 1. The third kappa shape index (κ3) is 6.56. The van der Waals surface area contributed by atoms with Gasteiger partial charge in [-0.05, 0) is 18.4 Å². The van der Waals surface area contributed by atoms with Gasteiger partial charge in [0.2, 0.25) is 0 Å². The van der Waals surface area contributed by atoms with Crippen LogP contribution in [0.4, 0.5) is 12.9 Å². The van der Waals surface area contributed by atoms with Crippen molar-refractivity contribution >= 4 is 12.4 Å². The Balaban J connectivity index is 0.00000289. The summed E-state index contributed by atoms with van der Waals surface area (Å²) in [4.78, 5) is 3.55. The van der Waals surface area contributed by atoms with E-state index >= 15 is 0 Å². The first-order chi connectivity index (χ1) is 7.93. The van der Waals surface area contributed by atoms with E-state index in [-0.39, 0.29) is 57.1 Å². The number of aromatic nitrogens is 1. The Morgan fingerprint density at radius 1 is 1.33 bits per heavy atom. The van der Waals surface area contributed by atoms with Crippen LogP contribution in [0.2, 0.25) is 0 Å². The molecule has 0 aliphatic rings. The molecule has 18 heavy (non-hydrogen) atoms. The molecule has 7 heteroatoms. The van der Waals surface area contributed by atoms with E-state index in [1.807, 2.05) is 6.92 Å². The van der Waals surface area contributed by atoms with Gasteiger partial charge in [-0.3, -0.25) is 4.98 Å². The van der Waals surface area contributed by atoms with E-state index in [4.69, 9.17) is 4.74 Å². The van der Waals surface area contributed by atoms with Crippen LogP contribution >= 0.6 is 0 Å². The summed E-state index contributed by atoms with van der Waals surface area (Å²) >= 11 is 0.